The summed E-state index contributed by atoms with van der Waals surface area (Å²) in [7, 11) is 1.93. The molecule has 0 saturated heterocycles. The average molecular weight is 233 g/mol. The maximum atomic E-state index is 6.07. The Morgan fingerprint density at radius 2 is 1.82 bits per heavy atom. The third kappa shape index (κ3) is 1.88. The van der Waals surface area contributed by atoms with Gasteiger partial charge >= 0.3 is 5.95 Å². The van der Waals surface area contributed by atoms with E-state index in [4.69, 9.17) is 5.84 Å². The van der Waals surface area contributed by atoms with Crippen molar-refractivity contribution in [3.63, 3.8) is 0 Å². The fraction of sp³-hybridized carbons (Fsp3) is 0.417. The monoisotopic (exact) mass is 233 g/mol. The van der Waals surface area contributed by atoms with E-state index >= 15 is 0 Å². The van der Waals surface area contributed by atoms with Gasteiger partial charge in [0.15, 0.2) is 12.1 Å². The molecule has 5 heteroatoms. The van der Waals surface area contributed by atoms with Crippen LogP contribution in [0.1, 0.15) is 18.1 Å². The molecule has 17 heavy (non-hydrogen) atoms. The first-order valence-corrected chi connectivity index (χ1v) is 5.77. The van der Waals surface area contributed by atoms with Crippen LogP contribution in [-0.4, -0.2) is 11.6 Å². The number of nitrogens with two attached hydrogens (primary N) is 1. The molecule has 1 aromatic carbocycles. The highest BCUT2D eigenvalue weighted by molar-refractivity contribution is 5.70. The van der Waals surface area contributed by atoms with Crippen LogP contribution >= 0.6 is 0 Å². The molecular formula is C12H19N5+2. The maximum Gasteiger partial charge on any atom is 0.480 e. The Morgan fingerprint density at radius 1 is 1.24 bits per heavy atom. The van der Waals surface area contributed by atoms with E-state index < -0.39 is 0 Å². The number of nitrogen functional groups attached to an aromatic ring is 1. The molecule has 0 aliphatic carbocycles. The molecule has 0 aliphatic rings. The number of anilines is 1. The van der Waals surface area contributed by atoms with Crippen LogP contribution in [0.5, 0.6) is 0 Å². The van der Waals surface area contributed by atoms with Gasteiger partial charge in [0.05, 0.1) is 6.54 Å². The predicted octanol–water partition coefficient (Wildman–Crippen LogP) is 0.109. The van der Waals surface area contributed by atoms with Crippen LogP contribution < -0.4 is 20.5 Å². The van der Waals surface area contributed by atoms with E-state index in [-0.39, 0.29) is 0 Å². The van der Waals surface area contributed by atoms with Gasteiger partial charge in [-0.15, -0.1) is 4.68 Å². The molecule has 0 amide bonds. The number of nitrogens with zero attached hydrogens (tertiary/aromatic N) is 3. The SMILES string of the molecule is CCNc1n[n+](C)c2cc(C)c(C)cc2[n+]1N. The first-order valence-electron chi connectivity index (χ1n) is 5.77. The quantitative estimate of drug-likeness (QED) is 0.572. The number of aryl methyl sites for hydroxylation is 3. The summed E-state index contributed by atoms with van der Waals surface area (Å²) in [6.45, 7) is 6.99. The molecule has 0 spiro atoms. The lowest BCUT2D eigenvalue weighted by atomic mass is 10.1. The minimum absolute atomic E-state index is 0.672. The number of hydrogen-bond donors (Lipinski definition) is 2. The molecule has 0 unspecified atom stereocenters. The van der Waals surface area contributed by atoms with E-state index in [0.717, 1.165) is 17.6 Å². The van der Waals surface area contributed by atoms with Crippen LogP contribution in [0.25, 0.3) is 11.0 Å². The van der Waals surface area contributed by atoms with Crippen LogP contribution in [0.15, 0.2) is 12.1 Å². The Labute approximate surface area is 101 Å². The van der Waals surface area contributed by atoms with Gasteiger partial charge in [0.25, 0.3) is 5.52 Å². The van der Waals surface area contributed by atoms with Crippen molar-refractivity contribution in [2.45, 2.75) is 20.8 Å². The Hall–Kier alpha value is -1.91. The van der Waals surface area contributed by atoms with Crippen LogP contribution in [0.3, 0.4) is 0 Å². The normalized spacial score (nSPS) is 10.8. The number of fused-ring (bicyclic) bond motifs is 1. The minimum atomic E-state index is 0.672. The summed E-state index contributed by atoms with van der Waals surface area (Å²) in [6, 6.07) is 4.20. The molecule has 1 aromatic heterocycles. The summed E-state index contributed by atoms with van der Waals surface area (Å²) in [6.07, 6.45) is 0. The molecule has 5 nitrogen and oxygen atoms in total. The van der Waals surface area contributed by atoms with Crippen molar-refractivity contribution in [1.82, 2.24) is 5.10 Å². The zero-order valence-corrected chi connectivity index (χ0v) is 10.8. The van der Waals surface area contributed by atoms with Crippen molar-refractivity contribution in [1.29, 1.82) is 0 Å². The topological polar surface area (TPSA) is 58.7 Å². The van der Waals surface area contributed by atoms with Gasteiger partial charge < -0.3 is 0 Å². The smallest absolute Gasteiger partial charge is 0.288 e. The predicted molar refractivity (Wildman–Crippen MR) is 66.9 cm³/mol. The van der Waals surface area contributed by atoms with E-state index in [0.29, 0.717) is 5.95 Å². The molecule has 1 heterocycles. The number of nitrogens with one attached hydrogen (secondary N) is 1. The van der Waals surface area contributed by atoms with E-state index in [2.05, 4.69) is 36.4 Å². The van der Waals surface area contributed by atoms with Crippen molar-refractivity contribution in [2.24, 2.45) is 7.05 Å². The van der Waals surface area contributed by atoms with Crippen molar-refractivity contribution < 1.29 is 9.36 Å². The molecule has 2 aromatic rings. The third-order valence-corrected chi connectivity index (χ3v) is 3.01. The molecular weight excluding hydrogens is 214 g/mol. The zero-order chi connectivity index (χ0) is 12.6. The van der Waals surface area contributed by atoms with Gasteiger partial charge in [-0.1, -0.05) is 0 Å². The van der Waals surface area contributed by atoms with Crippen LogP contribution in [0.4, 0.5) is 5.95 Å². The van der Waals surface area contributed by atoms with Crippen molar-refractivity contribution in [3.05, 3.63) is 23.3 Å². The lowest BCUT2D eigenvalue weighted by Gasteiger charge is -2.03. The molecule has 0 saturated carbocycles. The highest BCUT2D eigenvalue weighted by atomic mass is 15.4. The summed E-state index contributed by atoms with van der Waals surface area (Å²) < 4.78 is 3.45. The van der Waals surface area contributed by atoms with E-state index in [1.165, 1.54) is 11.1 Å². The number of hydrogen-bond acceptors (Lipinski definition) is 3. The molecule has 3 N–H and O–H groups in total. The van der Waals surface area contributed by atoms with E-state index in [9.17, 15) is 0 Å². The van der Waals surface area contributed by atoms with Gasteiger partial charge in [-0.25, -0.2) is 0 Å². The van der Waals surface area contributed by atoms with Gasteiger partial charge in [-0.3, -0.25) is 11.2 Å². The standard InChI is InChI=1S/C12H18N5/c1-5-14-12-15-16(4)10-6-8(2)9(3)7-11(10)17(12)13/h6-7H,5,13H2,1-4H3/q+1/p+1. The third-order valence-electron chi connectivity index (χ3n) is 3.01. The second-order valence-corrected chi connectivity index (χ2v) is 4.27. The summed E-state index contributed by atoms with van der Waals surface area (Å²) in [5.74, 6) is 6.74. The fourth-order valence-electron chi connectivity index (χ4n) is 1.87. The summed E-state index contributed by atoms with van der Waals surface area (Å²) in [4.78, 5) is 0. The fourth-order valence-corrected chi connectivity index (χ4v) is 1.87. The Kier molecular flexibility index (Phi) is 2.83. The summed E-state index contributed by atoms with van der Waals surface area (Å²) in [5, 5.41) is 7.55. The Morgan fingerprint density at radius 3 is 2.41 bits per heavy atom. The lowest BCUT2D eigenvalue weighted by Crippen LogP contribution is -2.53. The van der Waals surface area contributed by atoms with Crippen molar-refractivity contribution >= 4 is 17.0 Å². The molecule has 0 aliphatic heterocycles. The maximum absolute atomic E-state index is 6.07. The van der Waals surface area contributed by atoms with Crippen LogP contribution in [-0.2, 0) is 7.05 Å². The first-order chi connectivity index (χ1) is 8.04. The minimum Gasteiger partial charge on any atom is -0.288 e. The van der Waals surface area contributed by atoms with Crippen LogP contribution in [0, 0.1) is 13.8 Å². The summed E-state index contributed by atoms with van der Waals surface area (Å²) >= 11 is 0. The highest BCUT2D eigenvalue weighted by Crippen LogP contribution is 2.13. The van der Waals surface area contributed by atoms with Crippen molar-refractivity contribution in [2.75, 3.05) is 17.7 Å². The number of benzene rings is 1. The second-order valence-electron chi connectivity index (χ2n) is 4.27. The molecule has 0 fully saturated rings. The number of aromatic nitrogens is 3. The average Bonchev–Trinajstić information content (AvgIpc) is 2.29. The molecule has 0 atom stereocenters. The second kappa shape index (κ2) is 4.16. The molecule has 0 radical (unpaired) electrons. The van der Waals surface area contributed by atoms with Gasteiger partial charge in [-0.2, -0.15) is 0 Å². The van der Waals surface area contributed by atoms with Gasteiger partial charge in [0.1, 0.15) is 0 Å². The van der Waals surface area contributed by atoms with E-state index in [1.54, 1.807) is 4.68 Å². The molecule has 90 valence electrons. The van der Waals surface area contributed by atoms with Gasteiger partial charge in [0, 0.05) is 6.07 Å². The van der Waals surface area contributed by atoms with Gasteiger partial charge in [-0.05, 0) is 42.6 Å². The first kappa shape index (κ1) is 11.6. The molecule has 0 bridgehead atoms. The highest BCUT2D eigenvalue weighted by Gasteiger charge is 2.23. The Bertz CT molecular complexity index is 577. The molecule has 2 rings (SSSR count). The van der Waals surface area contributed by atoms with E-state index in [1.807, 2.05) is 18.7 Å². The number of rotatable bonds is 2. The van der Waals surface area contributed by atoms with Crippen LogP contribution in [0.2, 0.25) is 0 Å². The largest absolute Gasteiger partial charge is 0.480 e. The summed E-state index contributed by atoms with van der Waals surface area (Å²) in [5.41, 5.74) is 4.47. The lowest BCUT2D eigenvalue weighted by molar-refractivity contribution is -0.727. The zero-order valence-electron chi connectivity index (χ0n) is 10.8. The van der Waals surface area contributed by atoms with Crippen molar-refractivity contribution in [3.8, 4) is 0 Å². The Balaban J connectivity index is 2.79. The van der Waals surface area contributed by atoms with Gasteiger partial charge in [0.2, 0.25) is 5.52 Å².